The second-order valence-electron chi connectivity index (χ2n) is 3.44. The lowest BCUT2D eigenvalue weighted by atomic mass is 10.1. The van der Waals surface area contributed by atoms with Crippen molar-refractivity contribution in [3.8, 4) is 0 Å². The van der Waals surface area contributed by atoms with Gasteiger partial charge >= 0.3 is 0 Å². The molecule has 2 rings (SSSR count). The van der Waals surface area contributed by atoms with E-state index >= 15 is 0 Å². The first-order valence-electron chi connectivity index (χ1n) is 4.53. The first-order valence-corrected chi connectivity index (χ1v) is 6.29. The van der Waals surface area contributed by atoms with E-state index < -0.39 is 0 Å². The summed E-state index contributed by atoms with van der Waals surface area (Å²) >= 11 is 3.50. The van der Waals surface area contributed by atoms with Crippen LogP contribution in [0.3, 0.4) is 0 Å². The standard InChI is InChI=1S/C11H13NS2/c1-7-5-13-6-9(7)11(12)10-4-3-8(2)14-10/h3-6,11H,12H2,1-2H3. The van der Waals surface area contributed by atoms with Gasteiger partial charge in [0.05, 0.1) is 6.04 Å². The average molecular weight is 223 g/mol. The molecule has 0 saturated heterocycles. The Hall–Kier alpha value is -0.640. The summed E-state index contributed by atoms with van der Waals surface area (Å²) in [6.45, 7) is 4.23. The molecule has 1 nitrogen and oxygen atoms in total. The van der Waals surface area contributed by atoms with Gasteiger partial charge in [0, 0.05) is 9.75 Å². The maximum atomic E-state index is 6.19. The summed E-state index contributed by atoms with van der Waals surface area (Å²) in [6, 6.07) is 4.31. The average Bonchev–Trinajstić information content (AvgIpc) is 2.73. The Morgan fingerprint density at radius 2 is 2.00 bits per heavy atom. The van der Waals surface area contributed by atoms with Crippen LogP contribution in [0.2, 0.25) is 0 Å². The van der Waals surface area contributed by atoms with Crippen molar-refractivity contribution in [2.24, 2.45) is 5.73 Å². The highest BCUT2D eigenvalue weighted by Gasteiger charge is 2.13. The molecule has 0 aliphatic carbocycles. The van der Waals surface area contributed by atoms with Crippen molar-refractivity contribution >= 4 is 22.7 Å². The highest BCUT2D eigenvalue weighted by atomic mass is 32.1. The fraction of sp³-hybridized carbons (Fsp3) is 0.273. The molecule has 14 heavy (non-hydrogen) atoms. The molecule has 3 heteroatoms. The summed E-state index contributed by atoms with van der Waals surface area (Å²) in [6.07, 6.45) is 0. The first-order chi connectivity index (χ1) is 6.68. The minimum atomic E-state index is 0.0555. The Bertz CT molecular complexity index is 428. The Balaban J connectivity index is 2.33. The third-order valence-corrected chi connectivity index (χ3v) is 4.26. The molecule has 0 fully saturated rings. The SMILES string of the molecule is Cc1ccc(C(N)c2cscc2C)s1. The maximum Gasteiger partial charge on any atom is 0.0656 e. The monoisotopic (exact) mass is 223 g/mol. The van der Waals surface area contributed by atoms with Crippen LogP contribution in [0.1, 0.15) is 26.9 Å². The molecule has 0 aliphatic heterocycles. The predicted octanol–water partition coefficient (Wildman–Crippen LogP) is 3.47. The smallest absolute Gasteiger partial charge is 0.0656 e. The summed E-state index contributed by atoms with van der Waals surface area (Å²) in [5.74, 6) is 0. The van der Waals surface area contributed by atoms with Crippen molar-refractivity contribution in [1.29, 1.82) is 0 Å². The highest BCUT2D eigenvalue weighted by Crippen LogP contribution is 2.29. The van der Waals surface area contributed by atoms with E-state index in [4.69, 9.17) is 5.73 Å². The molecule has 0 saturated carbocycles. The molecule has 0 aromatic carbocycles. The number of thiophene rings is 2. The van der Waals surface area contributed by atoms with E-state index in [-0.39, 0.29) is 6.04 Å². The molecule has 0 aliphatic rings. The van der Waals surface area contributed by atoms with Crippen molar-refractivity contribution < 1.29 is 0 Å². The molecule has 2 aromatic rings. The summed E-state index contributed by atoms with van der Waals surface area (Å²) in [7, 11) is 0. The fourth-order valence-corrected chi connectivity index (χ4v) is 3.25. The number of aryl methyl sites for hydroxylation is 2. The van der Waals surface area contributed by atoms with Gasteiger partial charge in [-0.05, 0) is 47.9 Å². The van der Waals surface area contributed by atoms with Crippen LogP contribution in [0.25, 0.3) is 0 Å². The van der Waals surface area contributed by atoms with Crippen LogP contribution in [0, 0.1) is 13.8 Å². The third kappa shape index (κ3) is 1.75. The van der Waals surface area contributed by atoms with Gasteiger partial charge in [-0.15, -0.1) is 11.3 Å². The van der Waals surface area contributed by atoms with E-state index in [2.05, 4.69) is 36.7 Å². The zero-order valence-corrected chi connectivity index (χ0v) is 9.91. The van der Waals surface area contributed by atoms with Gasteiger partial charge in [0.2, 0.25) is 0 Å². The van der Waals surface area contributed by atoms with E-state index in [0.29, 0.717) is 0 Å². The molecule has 74 valence electrons. The zero-order valence-electron chi connectivity index (χ0n) is 8.28. The minimum Gasteiger partial charge on any atom is -0.320 e. The zero-order chi connectivity index (χ0) is 10.1. The molecule has 0 radical (unpaired) electrons. The van der Waals surface area contributed by atoms with Crippen molar-refractivity contribution in [2.75, 3.05) is 0 Å². The van der Waals surface area contributed by atoms with E-state index in [1.54, 1.807) is 22.7 Å². The van der Waals surface area contributed by atoms with Gasteiger partial charge in [0.25, 0.3) is 0 Å². The van der Waals surface area contributed by atoms with Crippen LogP contribution in [0.5, 0.6) is 0 Å². The van der Waals surface area contributed by atoms with Crippen LogP contribution in [-0.2, 0) is 0 Å². The fourth-order valence-electron chi connectivity index (χ4n) is 1.46. The van der Waals surface area contributed by atoms with Gasteiger partial charge in [-0.2, -0.15) is 11.3 Å². The van der Waals surface area contributed by atoms with Crippen LogP contribution in [-0.4, -0.2) is 0 Å². The summed E-state index contributed by atoms with van der Waals surface area (Å²) in [5.41, 5.74) is 8.75. The largest absolute Gasteiger partial charge is 0.320 e. The van der Waals surface area contributed by atoms with Crippen molar-refractivity contribution in [2.45, 2.75) is 19.9 Å². The minimum absolute atomic E-state index is 0.0555. The second kappa shape index (κ2) is 3.85. The Morgan fingerprint density at radius 3 is 2.50 bits per heavy atom. The quantitative estimate of drug-likeness (QED) is 0.829. The van der Waals surface area contributed by atoms with Crippen LogP contribution in [0.4, 0.5) is 0 Å². The molecule has 0 spiro atoms. The first kappa shape index (κ1) is 9.90. The lowest BCUT2D eigenvalue weighted by Crippen LogP contribution is -2.10. The maximum absolute atomic E-state index is 6.19. The van der Waals surface area contributed by atoms with E-state index in [0.717, 1.165) is 0 Å². The molecule has 2 heterocycles. The van der Waals surface area contributed by atoms with Crippen molar-refractivity contribution in [3.05, 3.63) is 43.8 Å². The van der Waals surface area contributed by atoms with Gasteiger partial charge < -0.3 is 5.73 Å². The Labute approximate surface area is 92.2 Å². The molecule has 1 atom stereocenters. The number of hydrogen-bond donors (Lipinski definition) is 1. The van der Waals surface area contributed by atoms with Gasteiger partial charge in [-0.1, -0.05) is 0 Å². The Kier molecular flexibility index (Phi) is 2.72. The van der Waals surface area contributed by atoms with Crippen LogP contribution >= 0.6 is 22.7 Å². The molecular weight excluding hydrogens is 210 g/mol. The summed E-state index contributed by atoms with van der Waals surface area (Å²) < 4.78 is 0. The number of nitrogens with two attached hydrogens (primary N) is 1. The van der Waals surface area contributed by atoms with Crippen LogP contribution in [0.15, 0.2) is 22.9 Å². The molecular formula is C11H13NS2. The van der Waals surface area contributed by atoms with Crippen molar-refractivity contribution in [1.82, 2.24) is 0 Å². The topological polar surface area (TPSA) is 26.0 Å². The lowest BCUT2D eigenvalue weighted by molar-refractivity contribution is 0.890. The van der Waals surface area contributed by atoms with Crippen molar-refractivity contribution in [3.63, 3.8) is 0 Å². The highest BCUT2D eigenvalue weighted by molar-refractivity contribution is 7.12. The van der Waals surface area contributed by atoms with Gasteiger partial charge in [0.1, 0.15) is 0 Å². The van der Waals surface area contributed by atoms with Gasteiger partial charge in [0.15, 0.2) is 0 Å². The molecule has 2 aromatic heterocycles. The summed E-state index contributed by atoms with van der Waals surface area (Å²) in [4.78, 5) is 2.58. The number of rotatable bonds is 2. The molecule has 0 amide bonds. The molecule has 0 bridgehead atoms. The van der Waals surface area contributed by atoms with E-state index in [1.807, 2.05) is 0 Å². The normalized spacial score (nSPS) is 13.1. The molecule has 1 unspecified atom stereocenters. The van der Waals surface area contributed by atoms with Crippen LogP contribution < -0.4 is 5.73 Å². The molecule has 2 N–H and O–H groups in total. The Morgan fingerprint density at radius 1 is 1.21 bits per heavy atom. The van der Waals surface area contributed by atoms with Gasteiger partial charge in [-0.3, -0.25) is 0 Å². The van der Waals surface area contributed by atoms with E-state index in [1.165, 1.54) is 20.9 Å². The van der Waals surface area contributed by atoms with E-state index in [9.17, 15) is 0 Å². The second-order valence-corrected chi connectivity index (χ2v) is 5.50. The number of hydrogen-bond acceptors (Lipinski definition) is 3. The predicted molar refractivity (Wildman–Crippen MR) is 64.1 cm³/mol. The summed E-state index contributed by atoms with van der Waals surface area (Å²) in [5, 5.41) is 4.30. The lowest BCUT2D eigenvalue weighted by Gasteiger charge is -2.08. The third-order valence-electron chi connectivity index (χ3n) is 2.30. The van der Waals surface area contributed by atoms with Gasteiger partial charge in [-0.25, -0.2) is 0 Å².